The molecule has 1 aliphatic rings. The van der Waals surface area contributed by atoms with E-state index in [0.29, 0.717) is 5.92 Å². The number of carbonyl (C=O) groups is 1. The van der Waals surface area contributed by atoms with Crippen molar-refractivity contribution < 1.29 is 4.79 Å². The second kappa shape index (κ2) is 5.95. The molecule has 1 amide bonds. The van der Waals surface area contributed by atoms with E-state index in [2.05, 4.69) is 10.3 Å². The number of aromatic nitrogens is 2. The normalized spacial score (nSPS) is 16.0. The van der Waals surface area contributed by atoms with Gasteiger partial charge in [-0.05, 0) is 30.4 Å². The van der Waals surface area contributed by atoms with Crippen LogP contribution in [0, 0.1) is 5.92 Å². The van der Waals surface area contributed by atoms with Crippen LogP contribution in [0.3, 0.4) is 0 Å². The number of nitrogens with one attached hydrogen (secondary N) is 1. The van der Waals surface area contributed by atoms with Crippen LogP contribution in [0.4, 0.5) is 0 Å². The lowest BCUT2D eigenvalue weighted by molar-refractivity contribution is -0.117. The Balaban J connectivity index is 1.68. The Morgan fingerprint density at radius 2 is 2.14 bits per heavy atom. The molecule has 1 N–H and O–H groups in total. The Morgan fingerprint density at radius 3 is 2.76 bits per heavy atom. The summed E-state index contributed by atoms with van der Waals surface area (Å²) in [6.07, 6.45) is 9.42. The van der Waals surface area contributed by atoms with Gasteiger partial charge >= 0.3 is 0 Å². The SMILES string of the molecule is Cn1ccnc1[C@H](NC(=O)/C=C/c1ccccc1)C1CC1. The summed E-state index contributed by atoms with van der Waals surface area (Å²) in [5.41, 5.74) is 1.02. The number of imidazole rings is 1. The second-order valence-corrected chi connectivity index (χ2v) is 5.46. The Hall–Kier alpha value is -2.36. The predicted octanol–water partition coefficient (Wildman–Crippen LogP) is 2.70. The lowest BCUT2D eigenvalue weighted by Gasteiger charge is -2.17. The zero-order valence-corrected chi connectivity index (χ0v) is 12.1. The topological polar surface area (TPSA) is 46.9 Å². The molecule has 0 saturated heterocycles. The summed E-state index contributed by atoms with van der Waals surface area (Å²) >= 11 is 0. The van der Waals surface area contributed by atoms with Crippen LogP contribution >= 0.6 is 0 Å². The zero-order chi connectivity index (χ0) is 14.7. The van der Waals surface area contributed by atoms with E-state index in [1.54, 1.807) is 12.3 Å². The predicted molar refractivity (Wildman–Crippen MR) is 82.3 cm³/mol. The molecule has 0 spiro atoms. The van der Waals surface area contributed by atoms with Gasteiger partial charge in [-0.2, -0.15) is 0 Å². The molecule has 0 bridgehead atoms. The van der Waals surface area contributed by atoms with Gasteiger partial charge in [-0.15, -0.1) is 0 Å². The number of rotatable bonds is 5. The average molecular weight is 281 g/mol. The van der Waals surface area contributed by atoms with Crippen LogP contribution in [0.15, 0.2) is 48.8 Å². The number of hydrogen-bond donors (Lipinski definition) is 1. The summed E-state index contributed by atoms with van der Waals surface area (Å²) < 4.78 is 1.98. The molecule has 2 aromatic rings. The van der Waals surface area contributed by atoms with Crippen LogP contribution in [0.5, 0.6) is 0 Å². The van der Waals surface area contributed by atoms with Crippen molar-refractivity contribution in [2.24, 2.45) is 13.0 Å². The summed E-state index contributed by atoms with van der Waals surface area (Å²) in [7, 11) is 1.96. The molecule has 1 saturated carbocycles. The van der Waals surface area contributed by atoms with Gasteiger partial charge in [0.25, 0.3) is 0 Å². The third kappa shape index (κ3) is 3.40. The molecular weight excluding hydrogens is 262 g/mol. The van der Waals surface area contributed by atoms with Gasteiger partial charge in [-0.1, -0.05) is 30.3 Å². The third-order valence-corrected chi connectivity index (χ3v) is 3.75. The van der Waals surface area contributed by atoms with Crippen molar-refractivity contribution in [3.8, 4) is 0 Å². The molecule has 1 atom stereocenters. The van der Waals surface area contributed by atoms with E-state index < -0.39 is 0 Å². The number of hydrogen-bond acceptors (Lipinski definition) is 2. The molecule has 1 fully saturated rings. The van der Waals surface area contributed by atoms with Gasteiger partial charge < -0.3 is 9.88 Å². The molecular formula is C17H19N3O. The highest BCUT2D eigenvalue weighted by Gasteiger charge is 2.35. The highest BCUT2D eigenvalue weighted by atomic mass is 16.1. The van der Waals surface area contributed by atoms with E-state index in [0.717, 1.165) is 24.2 Å². The van der Waals surface area contributed by atoms with Gasteiger partial charge in [-0.3, -0.25) is 4.79 Å². The molecule has 0 aliphatic heterocycles. The van der Waals surface area contributed by atoms with Gasteiger partial charge in [0.15, 0.2) is 0 Å². The summed E-state index contributed by atoms with van der Waals surface area (Å²) in [6.45, 7) is 0. The number of aryl methyl sites for hydroxylation is 1. The maximum atomic E-state index is 12.1. The van der Waals surface area contributed by atoms with Gasteiger partial charge in [-0.25, -0.2) is 4.98 Å². The third-order valence-electron chi connectivity index (χ3n) is 3.75. The van der Waals surface area contributed by atoms with Crippen molar-refractivity contribution >= 4 is 12.0 Å². The molecule has 1 aromatic carbocycles. The van der Waals surface area contributed by atoms with E-state index in [-0.39, 0.29) is 11.9 Å². The number of benzene rings is 1. The van der Waals surface area contributed by atoms with Crippen LogP contribution in [0.2, 0.25) is 0 Å². The fourth-order valence-corrected chi connectivity index (χ4v) is 2.44. The van der Waals surface area contributed by atoms with Gasteiger partial charge in [0.05, 0.1) is 6.04 Å². The first-order chi connectivity index (χ1) is 10.2. The fourth-order valence-electron chi connectivity index (χ4n) is 2.44. The summed E-state index contributed by atoms with van der Waals surface area (Å²) in [5.74, 6) is 1.37. The molecule has 4 heteroatoms. The molecule has 108 valence electrons. The Morgan fingerprint density at radius 1 is 1.38 bits per heavy atom. The summed E-state index contributed by atoms with van der Waals surface area (Å²) in [4.78, 5) is 16.5. The number of carbonyl (C=O) groups excluding carboxylic acids is 1. The van der Waals surface area contributed by atoms with Gasteiger partial charge in [0.1, 0.15) is 5.82 Å². The maximum Gasteiger partial charge on any atom is 0.244 e. The summed E-state index contributed by atoms with van der Waals surface area (Å²) in [6, 6.07) is 9.83. The number of amides is 1. The minimum atomic E-state index is -0.0706. The lowest BCUT2D eigenvalue weighted by atomic mass is 10.1. The van der Waals surface area contributed by atoms with Crippen LogP contribution in [0.1, 0.15) is 30.3 Å². The van der Waals surface area contributed by atoms with Crippen LogP contribution in [0.25, 0.3) is 6.08 Å². The fraction of sp³-hybridized carbons (Fsp3) is 0.294. The first-order valence-electron chi connectivity index (χ1n) is 7.25. The minimum absolute atomic E-state index is 0.0120. The van der Waals surface area contributed by atoms with E-state index in [1.165, 1.54) is 0 Å². The molecule has 1 aliphatic carbocycles. The molecule has 1 aromatic heterocycles. The van der Waals surface area contributed by atoms with Crippen LogP contribution in [-0.4, -0.2) is 15.5 Å². The van der Waals surface area contributed by atoms with Crippen molar-refractivity contribution in [1.82, 2.24) is 14.9 Å². The van der Waals surface area contributed by atoms with E-state index in [9.17, 15) is 4.79 Å². The van der Waals surface area contributed by atoms with E-state index in [1.807, 2.05) is 54.2 Å². The monoisotopic (exact) mass is 281 g/mol. The first-order valence-corrected chi connectivity index (χ1v) is 7.25. The number of nitrogens with zero attached hydrogens (tertiary/aromatic N) is 2. The molecule has 4 nitrogen and oxygen atoms in total. The molecule has 1 heterocycles. The van der Waals surface area contributed by atoms with E-state index in [4.69, 9.17) is 0 Å². The van der Waals surface area contributed by atoms with Crippen molar-refractivity contribution in [1.29, 1.82) is 0 Å². The highest BCUT2D eigenvalue weighted by molar-refractivity contribution is 5.91. The van der Waals surface area contributed by atoms with Gasteiger partial charge in [0.2, 0.25) is 5.91 Å². The largest absolute Gasteiger partial charge is 0.342 e. The molecule has 3 rings (SSSR count). The Labute approximate surface area is 124 Å². The smallest absolute Gasteiger partial charge is 0.244 e. The summed E-state index contributed by atoms with van der Waals surface area (Å²) in [5, 5.41) is 3.08. The average Bonchev–Trinajstić information content (AvgIpc) is 3.26. The standard InChI is InChI=1S/C17H19N3O/c1-20-12-11-18-17(20)16(14-8-9-14)19-15(21)10-7-13-5-3-2-4-6-13/h2-7,10-12,14,16H,8-9H2,1H3,(H,19,21)/b10-7+/t16-/m1/s1. The van der Waals surface area contributed by atoms with Crippen molar-refractivity contribution in [2.75, 3.05) is 0 Å². The van der Waals surface area contributed by atoms with E-state index >= 15 is 0 Å². The van der Waals surface area contributed by atoms with Crippen molar-refractivity contribution in [2.45, 2.75) is 18.9 Å². The Kier molecular flexibility index (Phi) is 3.86. The lowest BCUT2D eigenvalue weighted by Crippen LogP contribution is -2.30. The maximum absolute atomic E-state index is 12.1. The first kappa shape index (κ1) is 13.6. The van der Waals surface area contributed by atoms with Crippen molar-refractivity contribution in [3.05, 3.63) is 60.2 Å². The highest BCUT2D eigenvalue weighted by Crippen LogP contribution is 2.40. The molecule has 21 heavy (non-hydrogen) atoms. The van der Waals surface area contributed by atoms with Crippen LogP contribution in [-0.2, 0) is 11.8 Å². The zero-order valence-electron chi connectivity index (χ0n) is 12.1. The minimum Gasteiger partial charge on any atom is -0.342 e. The van der Waals surface area contributed by atoms with Gasteiger partial charge in [0, 0.05) is 25.5 Å². The quantitative estimate of drug-likeness (QED) is 0.857. The second-order valence-electron chi connectivity index (χ2n) is 5.46. The Bertz CT molecular complexity index is 641. The van der Waals surface area contributed by atoms with Crippen LogP contribution < -0.4 is 5.32 Å². The molecule has 0 unspecified atom stereocenters. The molecule has 0 radical (unpaired) electrons. The van der Waals surface area contributed by atoms with Crippen molar-refractivity contribution in [3.63, 3.8) is 0 Å².